The molecule has 0 spiro atoms. The molecule has 136 valence electrons. The Morgan fingerprint density at radius 3 is 2.56 bits per heavy atom. The monoisotopic (exact) mass is 424 g/mol. The van der Waals surface area contributed by atoms with Crippen molar-refractivity contribution >= 4 is 46.2 Å². The van der Waals surface area contributed by atoms with E-state index < -0.39 is 11.7 Å². The topological polar surface area (TPSA) is 36.7 Å². The molecule has 8 heteroatoms. The van der Waals surface area contributed by atoms with Gasteiger partial charge in [0.25, 0.3) is 0 Å². The molecule has 27 heavy (non-hydrogen) atoms. The number of allylic oxidation sites excluding steroid dienone is 1. The number of alkyl halides is 3. The second-order valence-electron chi connectivity index (χ2n) is 5.42. The summed E-state index contributed by atoms with van der Waals surface area (Å²) in [4.78, 5) is 4.35. The molecule has 1 aromatic heterocycles. The van der Waals surface area contributed by atoms with Crippen LogP contribution in [0.4, 0.5) is 13.2 Å². The van der Waals surface area contributed by atoms with Gasteiger partial charge in [0.15, 0.2) is 0 Å². The number of nitriles is 1. The second kappa shape index (κ2) is 7.73. The van der Waals surface area contributed by atoms with Gasteiger partial charge in [0.2, 0.25) is 0 Å². The molecule has 0 aliphatic heterocycles. The summed E-state index contributed by atoms with van der Waals surface area (Å²) < 4.78 is 39.5. The molecule has 0 radical (unpaired) electrons. The number of nitrogens with zero attached hydrogens (tertiary/aromatic N) is 2. The van der Waals surface area contributed by atoms with Gasteiger partial charge in [0.05, 0.1) is 21.9 Å². The highest BCUT2D eigenvalue weighted by molar-refractivity contribution is 7.11. The van der Waals surface area contributed by atoms with E-state index in [9.17, 15) is 18.4 Å². The van der Waals surface area contributed by atoms with E-state index in [4.69, 9.17) is 23.2 Å². The highest BCUT2D eigenvalue weighted by atomic mass is 35.5. The Morgan fingerprint density at radius 2 is 1.89 bits per heavy atom. The van der Waals surface area contributed by atoms with E-state index in [1.807, 2.05) is 6.07 Å². The molecule has 1 heterocycles. The molecule has 2 nitrogen and oxygen atoms in total. The van der Waals surface area contributed by atoms with Crippen molar-refractivity contribution in [2.24, 2.45) is 0 Å². The first-order chi connectivity index (χ1) is 12.8. The molecule has 0 fully saturated rings. The average Bonchev–Trinajstić information content (AvgIpc) is 3.08. The van der Waals surface area contributed by atoms with E-state index in [2.05, 4.69) is 4.98 Å². The van der Waals surface area contributed by atoms with Gasteiger partial charge in [0.1, 0.15) is 11.1 Å². The van der Waals surface area contributed by atoms with Gasteiger partial charge < -0.3 is 0 Å². The van der Waals surface area contributed by atoms with Crippen LogP contribution in [0.25, 0.3) is 22.9 Å². The Balaban J connectivity index is 2.03. The Morgan fingerprint density at radius 1 is 1.15 bits per heavy atom. The van der Waals surface area contributed by atoms with E-state index in [-0.39, 0.29) is 11.1 Å². The van der Waals surface area contributed by atoms with E-state index in [0.29, 0.717) is 26.3 Å². The maximum atomic E-state index is 13.2. The van der Waals surface area contributed by atoms with Crippen molar-refractivity contribution in [3.63, 3.8) is 0 Å². The van der Waals surface area contributed by atoms with Gasteiger partial charge in [-0.15, -0.1) is 11.3 Å². The Kier molecular flexibility index (Phi) is 5.56. The summed E-state index contributed by atoms with van der Waals surface area (Å²) >= 11 is 13.2. The van der Waals surface area contributed by atoms with Crippen molar-refractivity contribution in [3.05, 3.63) is 74.0 Å². The number of hydrogen-bond donors (Lipinski definition) is 0. The van der Waals surface area contributed by atoms with Crippen LogP contribution in [0.5, 0.6) is 0 Å². The lowest BCUT2D eigenvalue weighted by Gasteiger charge is -2.09. The van der Waals surface area contributed by atoms with Crippen molar-refractivity contribution in [2.75, 3.05) is 0 Å². The molecular weight excluding hydrogens is 416 g/mol. The van der Waals surface area contributed by atoms with Crippen molar-refractivity contribution in [1.82, 2.24) is 4.98 Å². The number of halogens is 5. The molecular formula is C19H9Cl2F3N2S. The van der Waals surface area contributed by atoms with E-state index >= 15 is 0 Å². The largest absolute Gasteiger partial charge is 0.416 e. The molecule has 2 aromatic carbocycles. The minimum absolute atomic E-state index is 0.0352. The number of hydrogen-bond acceptors (Lipinski definition) is 3. The molecule has 3 rings (SSSR count). The van der Waals surface area contributed by atoms with Crippen molar-refractivity contribution < 1.29 is 13.2 Å². The van der Waals surface area contributed by atoms with Crippen molar-refractivity contribution in [3.8, 4) is 17.3 Å². The van der Waals surface area contributed by atoms with Crippen LogP contribution in [-0.4, -0.2) is 4.98 Å². The van der Waals surface area contributed by atoms with E-state index in [1.54, 1.807) is 23.6 Å². The maximum absolute atomic E-state index is 13.2. The zero-order chi connectivity index (χ0) is 19.6. The first-order valence-corrected chi connectivity index (χ1v) is 9.12. The van der Waals surface area contributed by atoms with Crippen LogP contribution in [0.1, 0.15) is 16.1 Å². The summed E-state index contributed by atoms with van der Waals surface area (Å²) in [7, 11) is 0. The third-order valence-corrected chi connectivity index (χ3v) is 5.05. The smallest absolute Gasteiger partial charge is 0.235 e. The normalized spacial score (nSPS) is 12.1. The van der Waals surface area contributed by atoms with Crippen LogP contribution in [0.2, 0.25) is 10.0 Å². The number of aromatic nitrogens is 1. The Labute approximate surface area is 167 Å². The lowest BCUT2D eigenvalue weighted by molar-refractivity contribution is -0.137. The van der Waals surface area contributed by atoms with Crippen LogP contribution in [-0.2, 0) is 6.18 Å². The first kappa shape index (κ1) is 19.4. The van der Waals surface area contributed by atoms with Gasteiger partial charge in [-0.05, 0) is 35.9 Å². The fourth-order valence-electron chi connectivity index (χ4n) is 2.40. The molecule has 0 unspecified atom stereocenters. The predicted molar refractivity (Wildman–Crippen MR) is 102 cm³/mol. The summed E-state index contributed by atoms with van der Waals surface area (Å²) in [6.45, 7) is 0. The van der Waals surface area contributed by atoms with Crippen LogP contribution in [0, 0.1) is 11.3 Å². The van der Waals surface area contributed by atoms with Gasteiger partial charge in [-0.25, -0.2) is 4.98 Å². The molecule has 0 aliphatic rings. The lowest BCUT2D eigenvalue weighted by atomic mass is 10.0. The molecule has 0 atom stereocenters. The lowest BCUT2D eigenvalue weighted by Crippen LogP contribution is -2.07. The molecule has 0 bridgehead atoms. The highest BCUT2D eigenvalue weighted by Gasteiger charge is 2.32. The van der Waals surface area contributed by atoms with Crippen LogP contribution < -0.4 is 0 Å². The molecule has 0 N–H and O–H groups in total. The fraction of sp³-hybridized carbons (Fsp3) is 0.0526. The average molecular weight is 425 g/mol. The van der Waals surface area contributed by atoms with Gasteiger partial charge in [-0.2, -0.15) is 18.4 Å². The quantitative estimate of drug-likeness (QED) is 0.416. The maximum Gasteiger partial charge on any atom is 0.416 e. The molecule has 0 amide bonds. The summed E-state index contributed by atoms with van der Waals surface area (Å²) in [5.74, 6) is 0. The van der Waals surface area contributed by atoms with Gasteiger partial charge in [0, 0.05) is 16.0 Å². The van der Waals surface area contributed by atoms with Crippen molar-refractivity contribution in [2.45, 2.75) is 6.18 Å². The van der Waals surface area contributed by atoms with Gasteiger partial charge in [-0.1, -0.05) is 41.4 Å². The van der Waals surface area contributed by atoms with Crippen molar-refractivity contribution in [1.29, 1.82) is 5.26 Å². The predicted octanol–water partition coefficient (Wildman–Crippen LogP) is 7.20. The summed E-state index contributed by atoms with van der Waals surface area (Å²) in [6.07, 6.45) is -3.33. The Bertz CT molecular complexity index is 1070. The second-order valence-corrected chi connectivity index (χ2v) is 7.12. The summed E-state index contributed by atoms with van der Waals surface area (Å²) in [5, 5.41) is 12.3. The van der Waals surface area contributed by atoms with Crippen LogP contribution in [0.15, 0.2) is 47.8 Å². The SMILES string of the molecule is N#C/C(=C\c1ccccc1C(F)(F)F)c1nc(-c2ccc(Cl)cc2Cl)cs1. The Hall–Kier alpha value is -2.33. The molecule has 3 aromatic rings. The fourth-order valence-corrected chi connectivity index (χ4v) is 3.69. The number of benzene rings is 2. The van der Waals surface area contributed by atoms with Gasteiger partial charge in [-0.3, -0.25) is 0 Å². The molecule has 0 saturated heterocycles. The first-order valence-electron chi connectivity index (χ1n) is 7.49. The van der Waals surface area contributed by atoms with E-state index in [0.717, 1.165) is 17.4 Å². The summed E-state index contributed by atoms with van der Waals surface area (Å²) in [6, 6.07) is 11.9. The zero-order valence-corrected chi connectivity index (χ0v) is 15.7. The van der Waals surface area contributed by atoms with Crippen LogP contribution >= 0.6 is 34.5 Å². The third-order valence-electron chi connectivity index (χ3n) is 3.63. The standard InChI is InChI=1S/C19H9Cl2F3N2S/c20-13-5-6-14(16(21)8-13)17-10-27-18(26-17)12(9-25)7-11-3-1-2-4-15(11)19(22,23)24/h1-8,10H/b12-7+. The third kappa shape index (κ3) is 4.33. The minimum atomic E-state index is -4.52. The van der Waals surface area contributed by atoms with Gasteiger partial charge >= 0.3 is 6.18 Å². The van der Waals surface area contributed by atoms with E-state index in [1.165, 1.54) is 24.3 Å². The number of thiazole rings is 1. The zero-order valence-electron chi connectivity index (χ0n) is 13.4. The molecule has 0 aliphatic carbocycles. The minimum Gasteiger partial charge on any atom is -0.235 e. The highest BCUT2D eigenvalue weighted by Crippen LogP contribution is 2.35. The van der Waals surface area contributed by atoms with Crippen LogP contribution in [0.3, 0.4) is 0 Å². The molecule has 0 saturated carbocycles. The summed E-state index contributed by atoms with van der Waals surface area (Å²) in [5.41, 5.74) is 0.268. The number of rotatable bonds is 3.